The molecular formula is C17H16BrNO3. The summed E-state index contributed by atoms with van der Waals surface area (Å²) in [7, 11) is 0. The first kappa shape index (κ1) is 16.2. The predicted octanol–water partition coefficient (Wildman–Crippen LogP) is 3.87. The molecule has 0 spiro atoms. The van der Waals surface area contributed by atoms with Crippen LogP contribution in [0.4, 0.5) is 0 Å². The Morgan fingerprint density at radius 2 is 1.73 bits per heavy atom. The molecule has 0 saturated heterocycles. The largest absolute Gasteiger partial charge is 0.427 e. The van der Waals surface area contributed by atoms with E-state index in [1.54, 1.807) is 24.3 Å². The average Bonchev–Trinajstić information content (AvgIpc) is 2.47. The van der Waals surface area contributed by atoms with Gasteiger partial charge in [-0.3, -0.25) is 9.59 Å². The van der Waals surface area contributed by atoms with Crippen LogP contribution in [0, 0.1) is 0 Å². The van der Waals surface area contributed by atoms with E-state index in [1.165, 1.54) is 6.92 Å². The van der Waals surface area contributed by atoms with Crippen molar-refractivity contribution in [2.45, 2.75) is 19.9 Å². The van der Waals surface area contributed by atoms with Gasteiger partial charge in [-0.05, 0) is 42.8 Å². The molecule has 0 aliphatic rings. The second kappa shape index (κ2) is 7.22. The molecule has 4 nitrogen and oxygen atoms in total. The van der Waals surface area contributed by atoms with Crippen molar-refractivity contribution in [3.8, 4) is 5.75 Å². The van der Waals surface area contributed by atoms with E-state index < -0.39 is 0 Å². The fourth-order valence-corrected chi connectivity index (χ4v) is 2.65. The summed E-state index contributed by atoms with van der Waals surface area (Å²) >= 11 is 3.48. The maximum absolute atomic E-state index is 12.2. The summed E-state index contributed by atoms with van der Waals surface area (Å²) in [5.41, 5.74) is 1.52. The van der Waals surface area contributed by atoms with Gasteiger partial charge in [0, 0.05) is 17.0 Å². The van der Waals surface area contributed by atoms with E-state index in [9.17, 15) is 9.59 Å². The molecule has 2 rings (SSSR count). The number of benzene rings is 2. The van der Waals surface area contributed by atoms with Crippen molar-refractivity contribution in [1.82, 2.24) is 5.32 Å². The summed E-state index contributed by atoms with van der Waals surface area (Å²) < 4.78 is 5.89. The topological polar surface area (TPSA) is 55.4 Å². The Bertz CT molecular complexity index is 683. The molecule has 0 aliphatic carbocycles. The van der Waals surface area contributed by atoms with Crippen molar-refractivity contribution in [2.75, 3.05) is 0 Å². The van der Waals surface area contributed by atoms with Gasteiger partial charge < -0.3 is 10.1 Å². The molecule has 5 heteroatoms. The maximum Gasteiger partial charge on any atom is 0.308 e. The normalized spacial score (nSPS) is 11.6. The molecule has 114 valence electrons. The third-order valence-electron chi connectivity index (χ3n) is 3.10. The lowest BCUT2D eigenvalue weighted by Crippen LogP contribution is -2.26. The summed E-state index contributed by atoms with van der Waals surface area (Å²) in [6, 6.07) is 14.1. The van der Waals surface area contributed by atoms with Crippen molar-refractivity contribution in [1.29, 1.82) is 0 Å². The summed E-state index contributed by atoms with van der Waals surface area (Å²) in [5, 5.41) is 2.94. The Hall–Kier alpha value is -2.14. The molecule has 0 aromatic heterocycles. The molecule has 2 aromatic carbocycles. The van der Waals surface area contributed by atoms with Crippen molar-refractivity contribution in [3.05, 3.63) is 64.1 Å². The molecule has 1 unspecified atom stereocenters. The van der Waals surface area contributed by atoms with E-state index in [4.69, 9.17) is 4.74 Å². The number of esters is 1. The van der Waals surface area contributed by atoms with Gasteiger partial charge in [-0.25, -0.2) is 0 Å². The summed E-state index contributed by atoms with van der Waals surface area (Å²) in [6.45, 7) is 3.26. The van der Waals surface area contributed by atoms with Crippen LogP contribution >= 0.6 is 15.9 Å². The van der Waals surface area contributed by atoms with Gasteiger partial charge in [0.15, 0.2) is 0 Å². The van der Waals surface area contributed by atoms with Crippen molar-refractivity contribution < 1.29 is 14.3 Å². The average molecular weight is 362 g/mol. The zero-order chi connectivity index (χ0) is 16.1. The molecular weight excluding hydrogens is 346 g/mol. The molecule has 0 radical (unpaired) electrons. The van der Waals surface area contributed by atoms with Gasteiger partial charge in [0.25, 0.3) is 5.91 Å². The molecule has 0 bridgehead atoms. The van der Waals surface area contributed by atoms with Gasteiger partial charge in [0.2, 0.25) is 0 Å². The molecule has 0 fully saturated rings. The molecule has 2 aromatic rings. The fraction of sp³-hybridized carbons (Fsp3) is 0.176. The van der Waals surface area contributed by atoms with Crippen molar-refractivity contribution in [3.63, 3.8) is 0 Å². The van der Waals surface area contributed by atoms with Crippen LogP contribution in [0.3, 0.4) is 0 Å². The summed E-state index contributed by atoms with van der Waals surface area (Å²) in [5.74, 6) is -0.153. The van der Waals surface area contributed by atoms with Crippen molar-refractivity contribution in [2.24, 2.45) is 0 Å². The van der Waals surface area contributed by atoms with Gasteiger partial charge >= 0.3 is 5.97 Å². The second-order valence-corrected chi connectivity index (χ2v) is 5.69. The number of carbonyl (C=O) groups is 2. The third-order valence-corrected chi connectivity index (χ3v) is 3.82. The summed E-state index contributed by atoms with van der Waals surface area (Å²) in [4.78, 5) is 23.1. The smallest absolute Gasteiger partial charge is 0.308 e. The van der Waals surface area contributed by atoms with Crippen LogP contribution in [0.25, 0.3) is 0 Å². The van der Waals surface area contributed by atoms with E-state index in [2.05, 4.69) is 21.2 Å². The lowest BCUT2D eigenvalue weighted by molar-refractivity contribution is -0.131. The van der Waals surface area contributed by atoms with E-state index in [-0.39, 0.29) is 17.9 Å². The van der Waals surface area contributed by atoms with E-state index in [1.807, 2.05) is 31.2 Å². The lowest BCUT2D eigenvalue weighted by Gasteiger charge is -2.16. The number of amides is 1. The zero-order valence-electron chi connectivity index (χ0n) is 12.3. The lowest BCUT2D eigenvalue weighted by atomic mass is 10.1. The monoisotopic (exact) mass is 361 g/mol. The highest BCUT2D eigenvalue weighted by Gasteiger charge is 2.13. The Labute approximate surface area is 137 Å². The van der Waals surface area contributed by atoms with Crippen LogP contribution in [0.2, 0.25) is 0 Å². The Morgan fingerprint density at radius 3 is 2.32 bits per heavy atom. The summed E-state index contributed by atoms with van der Waals surface area (Å²) in [6.07, 6.45) is 0. The molecule has 0 heterocycles. The first-order valence-corrected chi connectivity index (χ1v) is 7.60. The quantitative estimate of drug-likeness (QED) is 0.664. The third kappa shape index (κ3) is 4.18. The highest BCUT2D eigenvalue weighted by Crippen LogP contribution is 2.23. The predicted molar refractivity (Wildman–Crippen MR) is 87.8 cm³/mol. The number of nitrogens with one attached hydrogen (secondary N) is 1. The number of hydrogen-bond acceptors (Lipinski definition) is 3. The minimum absolute atomic E-state index is 0.128. The second-order valence-electron chi connectivity index (χ2n) is 4.83. The zero-order valence-corrected chi connectivity index (χ0v) is 13.9. The van der Waals surface area contributed by atoms with Crippen LogP contribution < -0.4 is 10.1 Å². The fourth-order valence-electron chi connectivity index (χ4n) is 2.02. The number of hydrogen-bond donors (Lipinski definition) is 1. The van der Waals surface area contributed by atoms with Crippen LogP contribution in [-0.2, 0) is 4.79 Å². The van der Waals surface area contributed by atoms with Crippen LogP contribution in [0.1, 0.15) is 35.8 Å². The first-order valence-electron chi connectivity index (χ1n) is 6.81. The standard InChI is InChI=1S/C17H16BrNO3/c1-11(15-5-3-4-6-16(15)18)19-17(21)13-7-9-14(10-8-13)22-12(2)20/h3-11H,1-2H3,(H,19,21). The SMILES string of the molecule is CC(=O)Oc1ccc(C(=O)NC(C)c2ccccc2Br)cc1. The minimum atomic E-state index is -0.389. The molecule has 1 atom stereocenters. The molecule has 0 aliphatic heterocycles. The molecule has 0 saturated carbocycles. The number of halogens is 1. The van der Waals surface area contributed by atoms with Crippen LogP contribution in [0.5, 0.6) is 5.75 Å². The van der Waals surface area contributed by atoms with Gasteiger partial charge in [0.1, 0.15) is 5.75 Å². The van der Waals surface area contributed by atoms with E-state index >= 15 is 0 Å². The molecule has 22 heavy (non-hydrogen) atoms. The highest BCUT2D eigenvalue weighted by molar-refractivity contribution is 9.10. The van der Waals surface area contributed by atoms with Gasteiger partial charge in [-0.2, -0.15) is 0 Å². The van der Waals surface area contributed by atoms with Crippen LogP contribution in [0.15, 0.2) is 53.0 Å². The number of carbonyl (C=O) groups excluding carboxylic acids is 2. The van der Waals surface area contributed by atoms with Crippen molar-refractivity contribution >= 4 is 27.8 Å². The van der Waals surface area contributed by atoms with Gasteiger partial charge in [0.05, 0.1) is 6.04 Å². The Balaban J connectivity index is 2.06. The maximum atomic E-state index is 12.2. The minimum Gasteiger partial charge on any atom is -0.427 e. The number of ether oxygens (including phenoxy) is 1. The van der Waals surface area contributed by atoms with E-state index in [0.29, 0.717) is 11.3 Å². The molecule has 1 amide bonds. The Kier molecular flexibility index (Phi) is 5.33. The Morgan fingerprint density at radius 1 is 1.09 bits per heavy atom. The van der Waals surface area contributed by atoms with Crippen LogP contribution in [-0.4, -0.2) is 11.9 Å². The number of rotatable bonds is 4. The molecule has 1 N–H and O–H groups in total. The van der Waals surface area contributed by atoms with E-state index in [0.717, 1.165) is 10.0 Å². The highest BCUT2D eigenvalue weighted by atomic mass is 79.9. The first-order chi connectivity index (χ1) is 10.5. The van der Waals surface area contributed by atoms with Gasteiger partial charge in [-0.1, -0.05) is 34.1 Å². The van der Waals surface area contributed by atoms with Gasteiger partial charge in [-0.15, -0.1) is 0 Å².